The van der Waals surface area contributed by atoms with Gasteiger partial charge in [0.1, 0.15) is 0 Å². The van der Waals surface area contributed by atoms with E-state index in [0.717, 1.165) is 54.8 Å². The Kier molecular flexibility index (Phi) is 4.01. The first-order valence-electron chi connectivity index (χ1n) is 12.0. The molecule has 0 spiro atoms. The Bertz CT molecular complexity index is 630. The Balaban J connectivity index is 1.11. The van der Waals surface area contributed by atoms with Gasteiger partial charge in [-0.2, -0.15) is 0 Å². The van der Waals surface area contributed by atoms with Crippen LogP contribution in [0.2, 0.25) is 0 Å². The normalized spacial score (nSPS) is 51.2. The van der Waals surface area contributed by atoms with Crippen LogP contribution in [0, 0.1) is 46.3 Å². The minimum atomic E-state index is -0.107. The van der Waals surface area contributed by atoms with E-state index in [1.165, 1.54) is 57.8 Å². The summed E-state index contributed by atoms with van der Waals surface area (Å²) in [6.45, 7) is 2.33. The van der Waals surface area contributed by atoms with Gasteiger partial charge in [0.05, 0.1) is 5.41 Å². The van der Waals surface area contributed by atoms with Gasteiger partial charge in [-0.1, -0.05) is 0 Å². The highest BCUT2D eigenvalue weighted by Crippen LogP contribution is 2.62. The molecular formula is C24H36N2OS. The molecule has 0 aromatic heterocycles. The first-order valence-corrected chi connectivity index (χ1v) is 12.4. The molecule has 0 aliphatic heterocycles. The van der Waals surface area contributed by atoms with E-state index < -0.39 is 0 Å². The molecule has 8 rings (SSSR count). The summed E-state index contributed by atoms with van der Waals surface area (Å²) in [5, 5.41) is 7.38. The Morgan fingerprint density at radius 2 is 1.18 bits per heavy atom. The molecule has 0 radical (unpaired) electrons. The molecule has 0 aromatic rings. The van der Waals surface area contributed by atoms with Gasteiger partial charge in [-0.15, -0.1) is 0 Å². The van der Waals surface area contributed by atoms with Crippen LogP contribution in [0.5, 0.6) is 0 Å². The maximum Gasteiger partial charge on any atom is 0.232 e. The van der Waals surface area contributed by atoms with E-state index in [2.05, 4.69) is 17.6 Å². The first kappa shape index (κ1) is 18.2. The summed E-state index contributed by atoms with van der Waals surface area (Å²) in [6.07, 6.45) is 16.0. The zero-order valence-corrected chi connectivity index (χ0v) is 18.2. The number of thiocarbonyl (C=S) groups is 1. The maximum atomic E-state index is 13.3. The lowest BCUT2D eigenvalue weighted by atomic mass is 9.48. The number of amides is 1. The minimum absolute atomic E-state index is 0.107. The monoisotopic (exact) mass is 400 g/mol. The summed E-state index contributed by atoms with van der Waals surface area (Å²) in [5.74, 6) is 5.47. The molecule has 2 N–H and O–H groups in total. The van der Waals surface area contributed by atoms with Crippen LogP contribution in [0.4, 0.5) is 0 Å². The van der Waals surface area contributed by atoms with Crippen molar-refractivity contribution in [2.45, 2.75) is 90.0 Å². The van der Waals surface area contributed by atoms with Crippen LogP contribution < -0.4 is 10.6 Å². The average Bonchev–Trinajstić information content (AvgIpc) is 2.59. The van der Waals surface area contributed by atoms with Crippen molar-refractivity contribution in [2.75, 3.05) is 0 Å². The standard InChI is InChI=1S/C24H36N2OS/c1-14(23-8-15-2-16(9-23)4-17(3-15)10-23)25-22(28)26-21(27)24-11-18-5-19(12-24)7-20(6-18)13-24/h14-20H,2-13H2,1H3,(H2,25,26,27,28). The van der Waals surface area contributed by atoms with Crippen LogP contribution in [0.1, 0.15) is 84.0 Å². The van der Waals surface area contributed by atoms with Crippen LogP contribution in [0.25, 0.3) is 0 Å². The molecule has 4 heteroatoms. The first-order chi connectivity index (χ1) is 13.4. The molecular weight excluding hydrogens is 364 g/mol. The number of carbonyl (C=O) groups is 1. The van der Waals surface area contributed by atoms with Crippen molar-refractivity contribution < 1.29 is 4.79 Å². The highest BCUT2D eigenvalue weighted by atomic mass is 32.1. The Hall–Kier alpha value is -0.640. The van der Waals surface area contributed by atoms with Gasteiger partial charge >= 0.3 is 0 Å². The molecule has 8 saturated carbocycles. The van der Waals surface area contributed by atoms with Crippen molar-refractivity contribution in [3.8, 4) is 0 Å². The van der Waals surface area contributed by atoms with E-state index in [-0.39, 0.29) is 11.3 Å². The second-order valence-electron chi connectivity index (χ2n) is 12.1. The third kappa shape index (κ3) is 2.80. The third-order valence-electron chi connectivity index (χ3n) is 10.1. The van der Waals surface area contributed by atoms with Crippen LogP contribution in [0.15, 0.2) is 0 Å². The lowest BCUT2D eigenvalue weighted by Gasteiger charge is -2.59. The highest BCUT2D eigenvalue weighted by molar-refractivity contribution is 7.80. The van der Waals surface area contributed by atoms with Crippen molar-refractivity contribution in [1.29, 1.82) is 0 Å². The van der Waals surface area contributed by atoms with Crippen molar-refractivity contribution in [1.82, 2.24) is 10.6 Å². The molecule has 0 heterocycles. The number of rotatable bonds is 3. The Morgan fingerprint density at radius 1 is 0.786 bits per heavy atom. The van der Waals surface area contributed by atoms with Gasteiger partial charge in [-0.3, -0.25) is 4.79 Å². The van der Waals surface area contributed by atoms with Gasteiger partial charge in [0.2, 0.25) is 5.91 Å². The lowest BCUT2D eigenvalue weighted by molar-refractivity contribution is -0.144. The van der Waals surface area contributed by atoms with Gasteiger partial charge in [0.15, 0.2) is 5.11 Å². The van der Waals surface area contributed by atoms with Crippen molar-refractivity contribution in [3.05, 3.63) is 0 Å². The van der Waals surface area contributed by atoms with Crippen molar-refractivity contribution >= 4 is 23.2 Å². The molecule has 1 unspecified atom stereocenters. The van der Waals surface area contributed by atoms with Crippen LogP contribution in [-0.2, 0) is 4.79 Å². The quantitative estimate of drug-likeness (QED) is 0.669. The molecule has 28 heavy (non-hydrogen) atoms. The molecule has 8 aliphatic rings. The predicted octanol–water partition coefficient (Wildman–Crippen LogP) is 4.80. The molecule has 8 aliphatic carbocycles. The molecule has 1 atom stereocenters. The molecule has 154 valence electrons. The van der Waals surface area contributed by atoms with E-state index in [0.29, 0.717) is 16.6 Å². The summed E-state index contributed by atoms with van der Waals surface area (Å²) >= 11 is 5.67. The SMILES string of the molecule is CC(NC(=S)NC(=O)C12CC3CC(CC(C3)C1)C2)C12CC3CC(CC(C3)C1)C2. The van der Waals surface area contributed by atoms with Crippen LogP contribution in [-0.4, -0.2) is 17.1 Å². The zero-order valence-electron chi connectivity index (χ0n) is 17.3. The summed E-state index contributed by atoms with van der Waals surface area (Å²) in [5.41, 5.74) is 0.314. The number of nitrogens with one attached hydrogen (secondary N) is 2. The van der Waals surface area contributed by atoms with Gasteiger partial charge < -0.3 is 10.6 Å². The van der Waals surface area contributed by atoms with E-state index in [1.54, 1.807) is 0 Å². The molecule has 0 aromatic carbocycles. The fourth-order valence-corrected chi connectivity index (χ4v) is 9.99. The molecule has 0 saturated heterocycles. The van der Waals surface area contributed by atoms with E-state index in [9.17, 15) is 4.79 Å². The maximum absolute atomic E-state index is 13.3. The number of hydrogen-bond donors (Lipinski definition) is 2. The second-order valence-corrected chi connectivity index (χ2v) is 12.5. The summed E-state index contributed by atoms with van der Waals surface area (Å²) in [6, 6.07) is 0.380. The van der Waals surface area contributed by atoms with Gasteiger partial charge in [-0.25, -0.2) is 0 Å². The van der Waals surface area contributed by atoms with E-state index >= 15 is 0 Å². The Morgan fingerprint density at radius 3 is 1.61 bits per heavy atom. The van der Waals surface area contributed by atoms with Gasteiger partial charge in [0.25, 0.3) is 0 Å². The smallest absolute Gasteiger partial charge is 0.232 e. The predicted molar refractivity (Wildman–Crippen MR) is 115 cm³/mol. The van der Waals surface area contributed by atoms with E-state index in [4.69, 9.17) is 12.2 Å². The highest BCUT2D eigenvalue weighted by Gasteiger charge is 2.55. The Labute approximate surface area is 175 Å². The average molecular weight is 401 g/mol. The van der Waals surface area contributed by atoms with Crippen molar-refractivity contribution in [2.24, 2.45) is 46.3 Å². The topological polar surface area (TPSA) is 41.1 Å². The van der Waals surface area contributed by atoms with Crippen LogP contribution in [0.3, 0.4) is 0 Å². The summed E-state index contributed by atoms with van der Waals surface area (Å²) in [7, 11) is 0. The fraction of sp³-hybridized carbons (Fsp3) is 0.917. The van der Waals surface area contributed by atoms with Crippen molar-refractivity contribution in [3.63, 3.8) is 0 Å². The van der Waals surface area contributed by atoms with Gasteiger partial charge in [0, 0.05) is 6.04 Å². The van der Waals surface area contributed by atoms with Crippen LogP contribution >= 0.6 is 12.2 Å². The number of hydrogen-bond acceptors (Lipinski definition) is 2. The lowest BCUT2D eigenvalue weighted by Crippen LogP contribution is -2.59. The third-order valence-corrected chi connectivity index (χ3v) is 10.3. The van der Waals surface area contributed by atoms with E-state index in [1.807, 2.05) is 0 Å². The zero-order chi connectivity index (χ0) is 19.1. The van der Waals surface area contributed by atoms with Gasteiger partial charge in [-0.05, 0) is 137 Å². The largest absolute Gasteiger partial charge is 0.359 e. The summed E-state index contributed by atoms with van der Waals surface area (Å²) < 4.78 is 0. The fourth-order valence-electron chi connectivity index (χ4n) is 9.72. The summed E-state index contributed by atoms with van der Waals surface area (Å²) in [4.78, 5) is 13.3. The molecule has 8 fully saturated rings. The molecule has 1 amide bonds. The molecule has 8 bridgehead atoms. The molecule has 3 nitrogen and oxygen atoms in total. The number of carbonyl (C=O) groups excluding carboxylic acids is 1. The second kappa shape index (κ2) is 6.18. The minimum Gasteiger partial charge on any atom is -0.359 e.